The molecule has 0 radical (unpaired) electrons. The third kappa shape index (κ3) is 4.52. The van der Waals surface area contributed by atoms with Crippen LogP contribution in [0.25, 0.3) is 0 Å². The largest absolute Gasteiger partial charge is 0.365 e. The standard InChI is InChI=1S/C21H25N3O3/c1-16-10-11-22(12-13-23(16)15-18-6-4-3-5-7-18)20-9-8-19(17(2)25)14-21(20)24(26)27/h3-9,14,16H,10-13,15H2,1-2H3. The van der Waals surface area contributed by atoms with E-state index in [1.807, 2.05) is 18.2 Å². The number of nitro benzene ring substituents is 1. The van der Waals surface area contributed by atoms with Crippen LogP contribution in [-0.4, -0.2) is 41.3 Å². The van der Waals surface area contributed by atoms with Crippen molar-refractivity contribution in [2.75, 3.05) is 24.5 Å². The average Bonchev–Trinajstić information content (AvgIpc) is 2.84. The summed E-state index contributed by atoms with van der Waals surface area (Å²) in [5.41, 5.74) is 2.25. The van der Waals surface area contributed by atoms with Crippen LogP contribution in [0.15, 0.2) is 48.5 Å². The molecule has 0 aromatic heterocycles. The Morgan fingerprint density at radius 1 is 1.15 bits per heavy atom. The first-order valence-electron chi connectivity index (χ1n) is 9.28. The van der Waals surface area contributed by atoms with Crippen molar-refractivity contribution in [3.8, 4) is 0 Å². The van der Waals surface area contributed by atoms with Crippen LogP contribution in [0.5, 0.6) is 0 Å². The number of rotatable bonds is 5. The van der Waals surface area contributed by atoms with Crippen molar-refractivity contribution in [3.05, 3.63) is 69.8 Å². The van der Waals surface area contributed by atoms with E-state index in [2.05, 4.69) is 28.9 Å². The minimum absolute atomic E-state index is 0.00635. The monoisotopic (exact) mass is 367 g/mol. The Bertz CT molecular complexity index is 823. The number of nitrogens with zero attached hydrogens (tertiary/aromatic N) is 3. The van der Waals surface area contributed by atoms with Gasteiger partial charge in [0.1, 0.15) is 5.69 Å². The molecular formula is C21H25N3O3. The van der Waals surface area contributed by atoms with Crippen LogP contribution < -0.4 is 4.90 Å². The van der Waals surface area contributed by atoms with Gasteiger partial charge in [-0.1, -0.05) is 30.3 Å². The molecule has 1 saturated heterocycles. The van der Waals surface area contributed by atoms with E-state index in [1.165, 1.54) is 18.6 Å². The highest BCUT2D eigenvalue weighted by molar-refractivity contribution is 5.95. The molecule has 1 unspecified atom stereocenters. The molecule has 142 valence electrons. The molecule has 0 saturated carbocycles. The lowest BCUT2D eigenvalue weighted by Gasteiger charge is -2.26. The maximum absolute atomic E-state index is 11.6. The third-order valence-electron chi connectivity index (χ3n) is 5.25. The topological polar surface area (TPSA) is 66.7 Å². The third-order valence-corrected chi connectivity index (χ3v) is 5.25. The molecule has 0 spiro atoms. The minimum atomic E-state index is -0.391. The van der Waals surface area contributed by atoms with Gasteiger partial charge in [0.05, 0.1) is 4.92 Å². The number of carbonyl (C=O) groups is 1. The summed E-state index contributed by atoms with van der Waals surface area (Å²) in [7, 11) is 0. The molecule has 2 aromatic rings. The second-order valence-corrected chi connectivity index (χ2v) is 7.10. The first-order chi connectivity index (χ1) is 13.0. The number of ketones is 1. The molecular weight excluding hydrogens is 342 g/mol. The molecule has 6 nitrogen and oxygen atoms in total. The van der Waals surface area contributed by atoms with Crippen molar-refractivity contribution in [3.63, 3.8) is 0 Å². The zero-order chi connectivity index (χ0) is 19.4. The molecule has 2 aromatic carbocycles. The molecule has 1 aliphatic heterocycles. The number of benzene rings is 2. The van der Waals surface area contributed by atoms with E-state index in [0.717, 1.165) is 32.6 Å². The van der Waals surface area contributed by atoms with Gasteiger partial charge in [0.25, 0.3) is 5.69 Å². The van der Waals surface area contributed by atoms with Crippen LogP contribution >= 0.6 is 0 Å². The Labute approximate surface area is 159 Å². The summed E-state index contributed by atoms with van der Waals surface area (Å²) in [6.45, 7) is 6.82. The fourth-order valence-electron chi connectivity index (χ4n) is 3.56. The smallest absolute Gasteiger partial charge is 0.293 e. The van der Waals surface area contributed by atoms with Crippen molar-refractivity contribution in [1.29, 1.82) is 0 Å². The van der Waals surface area contributed by atoms with Gasteiger partial charge in [0.2, 0.25) is 0 Å². The van der Waals surface area contributed by atoms with E-state index < -0.39 is 4.92 Å². The summed E-state index contributed by atoms with van der Waals surface area (Å²) >= 11 is 0. The summed E-state index contributed by atoms with van der Waals surface area (Å²) in [5, 5.41) is 11.6. The van der Waals surface area contributed by atoms with E-state index >= 15 is 0 Å². The normalized spacial score (nSPS) is 18.1. The van der Waals surface area contributed by atoms with Crippen LogP contribution in [0, 0.1) is 10.1 Å². The van der Waals surface area contributed by atoms with Crippen LogP contribution in [-0.2, 0) is 6.54 Å². The zero-order valence-electron chi connectivity index (χ0n) is 15.8. The van der Waals surface area contributed by atoms with Crippen molar-refractivity contribution in [2.45, 2.75) is 32.9 Å². The Balaban J connectivity index is 1.79. The first-order valence-corrected chi connectivity index (χ1v) is 9.28. The molecule has 27 heavy (non-hydrogen) atoms. The van der Waals surface area contributed by atoms with E-state index in [-0.39, 0.29) is 11.5 Å². The second-order valence-electron chi connectivity index (χ2n) is 7.10. The van der Waals surface area contributed by atoms with E-state index in [0.29, 0.717) is 17.3 Å². The highest BCUT2D eigenvalue weighted by atomic mass is 16.6. The van der Waals surface area contributed by atoms with Gasteiger partial charge >= 0.3 is 0 Å². The predicted molar refractivity (Wildman–Crippen MR) is 106 cm³/mol. The number of Topliss-reactive ketones (excluding diaryl/α,β-unsaturated/α-hetero) is 1. The zero-order valence-corrected chi connectivity index (χ0v) is 15.8. The second kappa shape index (κ2) is 8.31. The predicted octanol–water partition coefficient (Wildman–Crippen LogP) is 3.90. The number of nitro groups is 1. The molecule has 3 rings (SSSR count). The Morgan fingerprint density at radius 2 is 1.89 bits per heavy atom. The molecule has 0 bridgehead atoms. The van der Waals surface area contributed by atoms with Crippen LogP contribution in [0.3, 0.4) is 0 Å². The molecule has 1 atom stereocenters. The molecule has 6 heteroatoms. The van der Waals surface area contributed by atoms with E-state index in [1.54, 1.807) is 12.1 Å². The number of anilines is 1. The summed E-state index contributed by atoms with van der Waals surface area (Å²) in [4.78, 5) is 27.2. The molecule has 1 aliphatic rings. The Hall–Kier alpha value is -2.73. The van der Waals surface area contributed by atoms with Crippen LogP contribution in [0.1, 0.15) is 36.2 Å². The average molecular weight is 367 g/mol. The van der Waals surface area contributed by atoms with E-state index in [9.17, 15) is 14.9 Å². The van der Waals surface area contributed by atoms with Crippen molar-refractivity contribution < 1.29 is 9.72 Å². The maximum atomic E-state index is 11.6. The van der Waals surface area contributed by atoms with E-state index in [4.69, 9.17) is 0 Å². The summed E-state index contributed by atoms with van der Waals surface area (Å²) < 4.78 is 0. The number of hydrogen-bond donors (Lipinski definition) is 0. The highest BCUT2D eigenvalue weighted by Gasteiger charge is 2.26. The fraction of sp³-hybridized carbons (Fsp3) is 0.381. The number of hydrogen-bond acceptors (Lipinski definition) is 5. The van der Waals surface area contributed by atoms with Gasteiger partial charge in [0, 0.05) is 43.9 Å². The van der Waals surface area contributed by atoms with Crippen LogP contribution in [0.4, 0.5) is 11.4 Å². The Kier molecular flexibility index (Phi) is 5.86. The van der Waals surface area contributed by atoms with Gasteiger partial charge in [-0.25, -0.2) is 0 Å². The lowest BCUT2D eigenvalue weighted by Crippen LogP contribution is -2.34. The lowest BCUT2D eigenvalue weighted by atomic mass is 10.1. The fourth-order valence-corrected chi connectivity index (χ4v) is 3.56. The summed E-state index contributed by atoms with van der Waals surface area (Å²) in [6, 6.07) is 15.5. The van der Waals surface area contributed by atoms with Gasteiger partial charge in [-0.05, 0) is 38.0 Å². The lowest BCUT2D eigenvalue weighted by molar-refractivity contribution is -0.384. The molecule has 1 heterocycles. The van der Waals surface area contributed by atoms with Crippen molar-refractivity contribution in [1.82, 2.24) is 4.90 Å². The molecule has 0 N–H and O–H groups in total. The summed E-state index contributed by atoms with van der Waals surface area (Å²) in [5.74, 6) is -0.164. The number of carbonyl (C=O) groups excluding carboxylic acids is 1. The highest BCUT2D eigenvalue weighted by Crippen LogP contribution is 2.31. The summed E-state index contributed by atoms with van der Waals surface area (Å²) in [6.07, 6.45) is 0.929. The van der Waals surface area contributed by atoms with Gasteiger partial charge < -0.3 is 4.90 Å². The maximum Gasteiger partial charge on any atom is 0.293 e. The van der Waals surface area contributed by atoms with Gasteiger partial charge in [-0.15, -0.1) is 0 Å². The van der Waals surface area contributed by atoms with Gasteiger partial charge in [0.15, 0.2) is 5.78 Å². The molecule has 0 aliphatic carbocycles. The van der Waals surface area contributed by atoms with Crippen molar-refractivity contribution in [2.24, 2.45) is 0 Å². The molecule has 1 fully saturated rings. The van der Waals surface area contributed by atoms with Crippen molar-refractivity contribution >= 4 is 17.2 Å². The van der Waals surface area contributed by atoms with Gasteiger partial charge in [-0.3, -0.25) is 19.8 Å². The SMILES string of the molecule is CC(=O)c1ccc(N2CCC(C)N(Cc3ccccc3)CC2)c([N+](=O)[O-])c1. The molecule has 0 amide bonds. The first kappa shape index (κ1) is 19.0. The quantitative estimate of drug-likeness (QED) is 0.455. The Morgan fingerprint density at radius 3 is 2.56 bits per heavy atom. The van der Waals surface area contributed by atoms with Crippen LogP contribution in [0.2, 0.25) is 0 Å². The van der Waals surface area contributed by atoms with Gasteiger partial charge in [-0.2, -0.15) is 0 Å². The minimum Gasteiger partial charge on any atom is -0.365 e.